The topological polar surface area (TPSA) is 28.7 Å². The smallest absolute Gasteiger partial charge is 0.0992 e. The Morgan fingerprint density at radius 1 is 0.303 bits per heavy atom. The van der Waals surface area contributed by atoms with Crippen molar-refractivity contribution in [2.45, 2.75) is 47.5 Å². The van der Waals surface area contributed by atoms with Crippen LogP contribution in [0.2, 0.25) is 0 Å². The van der Waals surface area contributed by atoms with Crippen LogP contribution in [0, 0.1) is 52.9 Å². The first-order valence-corrected chi connectivity index (χ1v) is 26.5. The summed E-state index contributed by atoms with van der Waals surface area (Å²) in [6.45, 7) is 13.0. The van der Waals surface area contributed by atoms with Gasteiger partial charge in [-0.1, -0.05) is 203 Å². The summed E-state index contributed by atoms with van der Waals surface area (Å²) in [5, 5.41) is 13.1. The van der Waals surface area contributed by atoms with E-state index in [2.05, 4.69) is 271 Å². The summed E-state index contributed by atoms with van der Waals surface area (Å²) in [6, 6.07) is 86.2. The van der Waals surface area contributed by atoms with Crippen molar-refractivity contribution >= 4 is 21.8 Å². The van der Waals surface area contributed by atoms with E-state index in [1.165, 1.54) is 111 Å². The maximum Gasteiger partial charge on any atom is 0.0992 e. The van der Waals surface area contributed by atoms with Crippen LogP contribution < -0.4 is 0 Å². The van der Waals surface area contributed by atoms with Crippen molar-refractivity contribution < 1.29 is 0 Å². The standard InChI is InChI=1S/C74H56N2/c1-45-11-7-15-52(32-45)56-20-26-64-67(39-56)68-40-57(53-16-8-12-46(2)33-53)21-27-65(68)74(64)63-28-22-60(61-36-49(5)31-50(6)37-61)41-66(63)62-25-19-51(44-75)38-73(62)76-71-29-23-58(54-17-9-13-47(3)34-54)42-69(71)70-43-59(24-30-72(70)76)55-18-10-14-48(4)35-55/h7-43,74H,1-6H3. The Bertz CT molecular complexity index is 4160. The lowest BCUT2D eigenvalue weighted by Crippen LogP contribution is -2.05. The summed E-state index contributed by atoms with van der Waals surface area (Å²) in [4.78, 5) is 0. The van der Waals surface area contributed by atoms with Crippen LogP contribution in [0.1, 0.15) is 61.6 Å². The van der Waals surface area contributed by atoms with Gasteiger partial charge in [0.1, 0.15) is 0 Å². The molecular formula is C74H56N2. The number of nitrogens with zero attached hydrogens (tertiary/aromatic N) is 2. The summed E-state index contributed by atoms with van der Waals surface area (Å²) < 4.78 is 2.42. The average molecular weight is 973 g/mol. The largest absolute Gasteiger partial charge is 0.309 e. The third-order valence-electron chi connectivity index (χ3n) is 15.8. The van der Waals surface area contributed by atoms with Crippen LogP contribution in [0.25, 0.3) is 105 Å². The van der Waals surface area contributed by atoms with Gasteiger partial charge in [-0.05, 0) is 185 Å². The third kappa shape index (κ3) is 8.22. The van der Waals surface area contributed by atoms with Gasteiger partial charge in [0.15, 0.2) is 0 Å². The van der Waals surface area contributed by atoms with Crippen molar-refractivity contribution in [3.8, 4) is 89.6 Å². The number of benzene rings is 11. The second-order valence-corrected chi connectivity index (χ2v) is 21.3. The van der Waals surface area contributed by atoms with E-state index >= 15 is 0 Å². The molecule has 1 aromatic heterocycles. The highest BCUT2D eigenvalue weighted by Gasteiger charge is 2.33. The van der Waals surface area contributed by atoms with Crippen LogP contribution in [0.3, 0.4) is 0 Å². The van der Waals surface area contributed by atoms with Gasteiger partial charge in [-0.25, -0.2) is 0 Å². The van der Waals surface area contributed by atoms with Gasteiger partial charge >= 0.3 is 0 Å². The SMILES string of the molecule is Cc1cccc(-c2ccc3c(c2)-c2cc(-c4cccc(C)c4)ccc2C3c2ccc(-c3cc(C)cc(C)c3)cc2-c2ccc(C#N)cc2-n2c3ccc(-c4cccc(C)c4)cc3c3cc(-c4cccc(C)c4)ccc32)c1. The maximum absolute atomic E-state index is 10.8. The Kier molecular flexibility index (Phi) is 11.4. The van der Waals surface area contributed by atoms with E-state index in [-0.39, 0.29) is 5.92 Å². The highest BCUT2D eigenvalue weighted by atomic mass is 15.0. The number of hydrogen-bond acceptors (Lipinski definition) is 1. The molecule has 0 saturated carbocycles. The predicted molar refractivity (Wildman–Crippen MR) is 319 cm³/mol. The molecule has 0 amide bonds. The molecule has 0 unspecified atom stereocenters. The molecule has 2 nitrogen and oxygen atoms in total. The molecule has 0 radical (unpaired) electrons. The van der Waals surface area contributed by atoms with Crippen molar-refractivity contribution in [2.75, 3.05) is 0 Å². The van der Waals surface area contributed by atoms with Gasteiger partial charge in [-0.15, -0.1) is 0 Å². The Hall–Kier alpha value is -9.29. The molecule has 0 aliphatic heterocycles. The van der Waals surface area contributed by atoms with Crippen LogP contribution in [-0.2, 0) is 0 Å². The molecule has 0 saturated heterocycles. The first-order valence-electron chi connectivity index (χ1n) is 26.5. The number of aromatic nitrogens is 1. The molecule has 76 heavy (non-hydrogen) atoms. The van der Waals surface area contributed by atoms with E-state index in [9.17, 15) is 5.26 Å². The van der Waals surface area contributed by atoms with Gasteiger partial charge in [-0.2, -0.15) is 5.26 Å². The minimum atomic E-state index is -0.0816. The van der Waals surface area contributed by atoms with E-state index in [4.69, 9.17) is 0 Å². The molecule has 0 bridgehead atoms. The third-order valence-corrected chi connectivity index (χ3v) is 15.8. The molecule has 12 aromatic rings. The lowest BCUT2D eigenvalue weighted by atomic mass is 9.82. The molecule has 0 atom stereocenters. The molecule has 0 fully saturated rings. The van der Waals surface area contributed by atoms with Gasteiger partial charge in [0, 0.05) is 22.3 Å². The Balaban J connectivity index is 1.09. The fourth-order valence-electron chi connectivity index (χ4n) is 12.3. The highest BCUT2D eigenvalue weighted by molar-refractivity contribution is 6.12. The average Bonchev–Trinajstić information content (AvgIpc) is 4.00. The Morgan fingerprint density at radius 2 is 0.658 bits per heavy atom. The first-order chi connectivity index (χ1) is 37.0. The number of rotatable bonds is 8. The van der Waals surface area contributed by atoms with Crippen molar-refractivity contribution in [1.29, 1.82) is 5.26 Å². The normalized spacial score (nSPS) is 12.0. The second kappa shape index (κ2) is 18.6. The number of hydrogen-bond donors (Lipinski definition) is 0. The van der Waals surface area contributed by atoms with Crippen molar-refractivity contribution in [2.24, 2.45) is 0 Å². The van der Waals surface area contributed by atoms with Gasteiger partial charge in [0.2, 0.25) is 0 Å². The maximum atomic E-state index is 10.8. The van der Waals surface area contributed by atoms with Crippen LogP contribution in [-0.4, -0.2) is 4.57 Å². The summed E-state index contributed by atoms with van der Waals surface area (Å²) in [6.07, 6.45) is 0. The molecule has 2 heteroatoms. The zero-order valence-corrected chi connectivity index (χ0v) is 43.8. The van der Waals surface area contributed by atoms with Crippen LogP contribution >= 0.6 is 0 Å². The quantitative estimate of drug-likeness (QED) is 0.149. The molecule has 362 valence electrons. The monoisotopic (exact) mass is 972 g/mol. The van der Waals surface area contributed by atoms with Gasteiger partial charge in [-0.3, -0.25) is 0 Å². The first kappa shape index (κ1) is 46.5. The molecule has 1 heterocycles. The molecule has 13 rings (SSSR count). The summed E-state index contributed by atoms with van der Waals surface area (Å²) in [7, 11) is 0. The van der Waals surface area contributed by atoms with Crippen molar-refractivity contribution in [3.05, 3.63) is 280 Å². The molecule has 0 spiro atoms. The highest BCUT2D eigenvalue weighted by Crippen LogP contribution is 2.53. The van der Waals surface area contributed by atoms with Gasteiger partial charge < -0.3 is 4.57 Å². The molecule has 1 aliphatic carbocycles. The minimum Gasteiger partial charge on any atom is -0.309 e. The lowest BCUT2D eigenvalue weighted by Gasteiger charge is -2.23. The van der Waals surface area contributed by atoms with Gasteiger partial charge in [0.25, 0.3) is 0 Å². The van der Waals surface area contributed by atoms with Crippen molar-refractivity contribution in [3.63, 3.8) is 0 Å². The van der Waals surface area contributed by atoms with Crippen LogP contribution in [0.15, 0.2) is 224 Å². The molecule has 1 aliphatic rings. The Morgan fingerprint density at radius 3 is 1.07 bits per heavy atom. The molecular weight excluding hydrogens is 917 g/mol. The summed E-state index contributed by atoms with van der Waals surface area (Å²) in [5.41, 5.74) is 31.5. The minimum absolute atomic E-state index is 0.0816. The van der Waals surface area contributed by atoms with E-state index in [1.807, 2.05) is 6.07 Å². The lowest BCUT2D eigenvalue weighted by molar-refractivity contribution is 1.02. The zero-order valence-electron chi connectivity index (χ0n) is 43.8. The zero-order chi connectivity index (χ0) is 51.8. The van der Waals surface area contributed by atoms with Gasteiger partial charge in [0.05, 0.1) is 28.4 Å². The number of nitriles is 1. The molecule has 0 N–H and O–H groups in total. The number of aryl methyl sites for hydroxylation is 6. The van der Waals surface area contributed by atoms with E-state index < -0.39 is 0 Å². The Labute approximate surface area is 446 Å². The van der Waals surface area contributed by atoms with Crippen LogP contribution in [0.4, 0.5) is 0 Å². The number of fused-ring (bicyclic) bond motifs is 6. The van der Waals surface area contributed by atoms with E-state index in [0.717, 1.165) is 44.2 Å². The summed E-state index contributed by atoms with van der Waals surface area (Å²) in [5.74, 6) is -0.0816. The van der Waals surface area contributed by atoms with Crippen LogP contribution in [0.5, 0.6) is 0 Å². The predicted octanol–water partition coefficient (Wildman–Crippen LogP) is 19.7. The summed E-state index contributed by atoms with van der Waals surface area (Å²) >= 11 is 0. The fourth-order valence-corrected chi connectivity index (χ4v) is 12.3. The molecule has 11 aromatic carbocycles. The fraction of sp³-hybridized carbons (Fsp3) is 0.0946. The van der Waals surface area contributed by atoms with Crippen molar-refractivity contribution in [1.82, 2.24) is 4.57 Å². The van der Waals surface area contributed by atoms with E-state index in [1.54, 1.807) is 0 Å². The second-order valence-electron chi connectivity index (χ2n) is 21.3. The van der Waals surface area contributed by atoms with E-state index in [0.29, 0.717) is 5.56 Å².